The van der Waals surface area contributed by atoms with E-state index in [0.29, 0.717) is 12.8 Å². The first-order chi connectivity index (χ1) is 12.3. The molecular formula is C16H21N3O6S. The van der Waals surface area contributed by atoms with Gasteiger partial charge in [-0.25, -0.2) is 13.2 Å². The zero-order valence-electron chi connectivity index (χ0n) is 14.5. The van der Waals surface area contributed by atoms with E-state index in [-0.39, 0.29) is 11.4 Å². The molecule has 26 heavy (non-hydrogen) atoms. The van der Waals surface area contributed by atoms with Crippen molar-refractivity contribution in [1.29, 1.82) is 0 Å². The van der Waals surface area contributed by atoms with Crippen LogP contribution in [0.25, 0.3) is 0 Å². The smallest absolute Gasteiger partial charge is 0.324 e. The van der Waals surface area contributed by atoms with Gasteiger partial charge in [0.1, 0.15) is 6.04 Å². The van der Waals surface area contributed by atoms with Crippen LogP contribution in [0.2, 0.25) is 0 Å². The van der Waals surface area contributed by atoms with Crippen LogP contribution in [0.3, 0.4) is 0 Å². The molecule has 0 aromatic heterocycles. The number of carbonyl (C=O) groups excluding carboxylic acids is 3. The Balaban J connectivity index is 2.04. The molecule has 0 saturated carbocycles. The van der Waals surface area contributed by atoms with Gasteiger partial charge in [0, 0.05) is 13.6 Å². The quantitative estimate of drug-likeness (QED) is 0.698. The Hall–Kier alpha value is -2.46. The lowest BCUT2D eigenvalue weighted by molar-refractivity contribution is -0.151. The summed E-state index contributed by atoms with van der Waals surface area (Å²) < 4.78 is 31.5. The van der Waals surface area contributed by atoms with Crippen LogP contribution < -0.4 is 10.6 Å². The summed E-state index contributed by atoms with van der Waals surface area (Å²) in [5.74, 6) is -1.62. The fourth-order valence-corrected chi connectivity index (χ4v) is 4.21. The molecule has 0 aliphatic carbocycles. The van der Waals surface area contributed by atoms with Gasteiger partial charge in [-0.2, -0.15) is 4.31 Å². The molecule has 0 unspecified atom stereocenters. The summed E-state index contributed by atoms with van der Waals surface area (Å²) in [4.78, 5) is 34.8. The molecule has 0 radical (unpaired) electrons. The van der Waals surface area contributed by atoms with Crippen molar-refractivity contribution in [2.24, 2.45) is 0 Å². The van der Waals surface area contributed by atoms with Crippen molar-refractivity contribution in [3.05, 3.63) is 29.8 Å². The number of nitrogens with zero attached hydrogens (tertiary/aromatic N) is 1. The van der Waals surface area contributed by atoms with Crippen LogP contribution in [0.5, 0.6) is 0 Å². The first kappa shape index (κ1) is 19.9. The van der Waals surface area contributed by atoms with Crippen LogP contribution in [-0.2, 0) is 24.3 Å². The number of amides is 3. The highest BCUT2D eigenvalue weighted by Gasteiger charge is 2.40. The van der Waals surface area contributed by atoms with Crippen LogP contribution in [-0.4, -0.2) is 56.9 Å². The van der Waals surface area contributed by atoms with Crippen LogP contribution in [0.15, 0.2) is 29.2 Å². The lowest BCUT2D eigenvalue weighted by Gasteiger charge is -2.22. The molecule has 0 bridgehead atoms. The van der Waals surface area contributed by atoms with E-state index in [1.54, 1.807) is 12.1 Å². The number of carbonyl (C=O) groups is 3. The van der Waals surface area contributed by atoms with Gasteiger partial charge in [-0.1, -0.05) is 17.7 Å². The van der Waals surface area contributed by atoms with Crippen LogP contribution in [0, 0.1) is 6.92 Å². The predicted molar refractivity (Wildman–Crippen MR) is 91.7 cm³/mol. The van der Waals surface area contributed by atoms with E-state index in [9.17, 15) is 22.8 Å². The summed E-state index contributed by atoms with van der Waals surface area (Å²) in [6, 6.07) is 4.62. The second kappa shape index (κ2) is 8.28. The Labute approximate surface area is 151 Å². The molecule has 1 aromatic rings. The number of esters is 1. The monoisotopic (exact) mass is 383 g/mol. The first-order valence-electron chi connectivity index (χ1n) is 8.02. The van der Waals surface area contributed by atoms with Gasteiger partial charge in [-0.15, -0.1) is 0 Å². The number of nitrogens with one attached hydrogen (secondary N) is 2. The van der Waals surface area contributed by atoms with E-state index in [1.807, 2.05) is 12.2 Å². The largest absolute Gasteiger partial charge is 0.454 e. The summed E-state index contributed by atoms with van der Waals surface area (Å²) in [7, 11) is -2.51. The number of aryl methyl sites for hydroxylation is 1. The minimum Gasteiger partial charge on any atom is -0.454 e. The Kier molecular flexibility index (Phi) is 6.32. The summed E-state index contributed by atoms with van der Waals surface area (Å²) in [6.45, 7) is 1.37. The van der Waals surface area contributed by atoms with Gasteiger partial charge in [0.05, 0.1) is 4.90 Å². The first-order valence-corrected chi connectivity index (χ1v) is 9.46. The van der Waals surface area contributed by atoms with Gasteiger partial charge in [-0.3, -0.25) is 14.9 Å². The van der Waals surface area contributed by atoms with E-state index < -0.39 is 40.6 Å². The maximum absolute atomic E-state index is 12.8. The van der Waals surface area contributed by atoms with Crippen molar-refractivity contribution < 1.29 is 27.5 Å². The molecule has 1 aliphatic heterocycles. The van der Waals surface area contributed by atoms with E-state index in [2.05, 4.69) is 5.32 Å². The zero-order chi connectivity index (χ0) is 19.3. The summed E-state index contributed by atoms with van der Waals surface area (Å²) in [6.07, 6.45) is 0.816. The number of hydrogen-bond acceptors (Lipinski definition) is 6. The molecule has 1 aromatic carbocycles. The van der Waals surface area contributed by atoms with E-state index in [1.165, 1.54) is 19.2 Å². The van der Waals surface area contributed by atoms with Crippen molar-refractivity contribution in [3.8, 4) is 0 Å². The number of rotatable bonds is 5. The van der Waals surface area contributed by atoms with Crippen molar-refractivity contribution >= 4 is 27.9 Å². The van der Waals surface area contributed by atoms with Gasteiger partial charge in [0.2, 0.25) is 10.0 Å². The van der Waals surface area contributed by atoms with Crippen LogP contribution in [0.4, 0.5) is 4.79 Å². The molecule has 9 nitrogen and oxygen atoms in total. The second-order valence-corrected chi connectivity index (χ2v) is 7.71. The summed E-state index contributed by atoms with van der Waals surface area (Å²) >= 11 is 0. The number of urea groups is 1. The van der Waals surface area contributed by atoms with E-state index in [4.69, 9.17) is 4.74 Å². The lowest BCUT2D eigenvalue weighted by atomic mass is 10.2. The highest BCUT2D eigenvalue weighted by Crippen LogP contribution is 2.27. The van der Waals surface area contributed by atoms with Crippen molar-refractivity contribution in [2.45, 2.75) is 30.7 Å². The number of benzene rings is 1. The van der Waals surface area contributed by atoms with E-state index in [0.717, 1.165) is 9.87 Å². The Morgan fingerprint density at radius 2 is 1.88 bits per heavy atom. The van der Waals surface area contributed by atoms with Gasteiger partial charge < -0.3 is 10.1 Å². The molecule has 1 heterocycles. The maximum atomic E-state index is 12.8. The fourth-order valence-electron chi connectivity index (χ4n) is 2.57. The molecule has 1 atom stereocenters. The van der Waals surface area contributed by atoms with Crippen LogP contribution >= 0.6 is 0 Å². The average molecular weight is 383 g/mol. The second-order valence-electron chi connectivity index (χ2n) is 5.82. The molecule has 3 amide bonds. The molecule has 0 spiro atoms. The SMILES string of the molecule is CNC(=O)NC(=O)COC(=O)[C@@H]1CCCN1S(=O)(=O)c1ccc(C)cc1. The minimum absolute atomic E-state index is 0.0974. The number of ether oxygens (including phenoxy) is 1. The number of imide groups is 1. The van der Waals surface area contributed by atoms with Gasteiger partial charge >= 0.3 is 12.0 Å². The highest BCUT2D eigenvalue weighted by atomic mass is 32.2. The zero-order valence-corrected chi connectivity index (χ0v) is 15.3. The third-order valence-corrected chi connectivity index (χ3v) is 5.85. The topological polar surface area (TPSA) is 122 Å². The Bertz CT molecular complexity index is 791. The Morgan fingerprint density at radius 1 is 1.23 bits per heavy atom. The molecule has 2 N–H and O–H groups in total. The number of hydrogen-bond donors (Lipinski definition) is 2. The van der Waals surface area contributed by atoms with Crippen molar-refractivity contribution in [1.82, 2.24) is 14.9 Å². The fraction of sp³-hybridized carbons (Fsp3) is 0.438. The normalized spacial score (nSPS) is 17.5. The average Bonchev–Trinajstić information content (AvgIpc) is 3.10. The third-order valence-electron chi connectivity index (χ3n) is 3.93. The van der Waals surface area contributed by atoms with Gasteiger partial charge in [-0.05, 0) is 31.9 Å². The molecule has 2 rings (SSSR count). The lowest BCUT2D eigenvalue weighted by Crippen LogP contribution is -2.43. The highest BCUT2D eigenvalue weighted by molar-refractivity contribution is 7.89. The molecular weight excluding hydrogens is 362 g/mol. The van der Waals surface area contributed by atoms with E-state index >= 15 is 0 Å². The Morgan fingerprint density at radius 3 is 2.50 bits per heavy atom. The summed E-state index contributed by atoms with van der Waals surface area (Å²) in [5, 5.41) is 4.14. The maximum Gasteiger partial charge on any atom is 0.324 e. The predicted octanol–water partition coefficient (Wildman–Crippen LogP) is 0.147. The van der Waals surface area contributed by atoms with Crippen molar-refractivity contribution in [2.75, 3.05) is 20.2 Å². The summed E-state index contributed by atoms with van der Waals surface area (Å²) in [5.41, 5.74) is 0.920. The van der Waals surface area contributed by atoms with Crippen molar-refractivity contribution in [3.63, 3.8) is 0 Å². The molecule has 10 heteroatoms. The standard InChI is InChI=1S/C16H21N3O6S/c1-11-5-7-12(8-6-11)26(23,24)19-9-3-4-13(19)15(21)25-10-14(20)18-16(22)17-2/h5-8,13H,3-4,9-10H2,1-2H3,(H2,17,18,20,22)/t13-/m0/s1. The molecule has 1 saturated heterocycles. The minimum atomic E-state index is -3.84. The molecule has 1 aliphatic rings. The van der Waals surface area contributed by atoms with Gasteiger partial charge in [0.25, 0.3) is 5.91 Å². The number of sulfonamides is 1. The molecule has 142 valence electrons. The van der Waals surface area contributed by atoms with Gasteiger partial charge in [0.15, 0.2) is 6.61 Å². The molecule has 1 fully saturated rings. The third kappa shape index (κ3) is 4.58. The van der Waals surface area contributed by atoms with Crippen LogP contribution in [0.1, 0.15) is 18.4 Å².